The van der Waals surface area contributed by atoms with E-state index in [0.29, 0.717) is 0 Å². The van der Waals surface area contributed by atoms with E-state index in [-0.39, 0.29) is 30.4 Å². The molecule has 1 amide bonds. The SMILES string of the molecule is COC1=C(C(=O)OCc2ccccc2)CN(C)C1=O. The molecule has 0 unspecified atom stereocenters. The molecule has 0 fully saturated rings. The third-order valence-corrected chi connectivity index (χ3v) is 2.87. The lowest BCUT2D eigenvalue weighted by Gasteiger charge is -2.07. The van der Waals surface area contributed by atoms with Crippen LogP contribution in [0.1, 0.15) is 5.56 Å². The summed E-state index contributed by atoms with van der Waals surface area (Å²) in [5, 5.41) is 0. The summed E-state index contributed by atoms with van der Waals surface area (Å²) >= 11 is 0. The van der Waals surface area contributed by atoms with Gasteiger partial charge in [0.05, 0.1) is 13.7 Å². The molecule has 0 atom stereocenters. The Balaban J connectivity index is 2.04. The predicted molar refractivity (Wildman–Crippen MR) is 67.9 cm³/mol. The summed E-state index contributed by atoms with van der Waals surface area (Å²) in [5.74, 6) is -0.742. The molecule has 1 aromatic carbocycles. The zero-order chi connectivity index (χ0) is 13.8. The van der Waals surface area contributed by atoms with Gasteiger partial charge in [0.15, 0.2) is 5.76 Å². The van der Waals surface area contributed by atoms with Gasteiger partial charge in [-0.2, -0.15) is 0 Å². The maximum atomic E-state index is 11.9. The van der Waals surface area contributed by atoms with Crippen LogP contribution in [0.25, 0.3) is 0 Å². The van der Waals surface area contributed by atoms with Crippen molar-refractivity contribution in [1.29, 1.82) is 0 Å². The van der Waals surface area contributed by atoms with Crippen molar-refractivity contribution in [2.45, 2.75) is 6.61 Å². The molecule has 1 aliphatic heterocycles. The Labute approximate surface area is 111 Å². The van der Waals surface area contributed by atoms with Crippen molar-refractivity contribution in [1.82, 2.24) is 4.90 Å². The van der Waals surface area contributed by atoms with E-state index in [4.69, 9.17) is 9.47 Å². The van der Waals surface area contributed by atoms with Crippen LogP contribution in [0.4, 0.5) is 0 Å². The summed E-state index contributed by atoms with van der Waals surface area (Å²) in [6.45, 7) is 0.397. The fourth-order valence-corrected chi connectivity index (χ4v) is 1.86. The fourth-order valence-electron chi connectivity index (χ4n) is 1.86. The molecule has 0 spiro atoms. The maximum Gasteiger partial charge on any atom is 0.340 e. The predicted octanol–water partition coefficient (Wildman–Crippen LogP) is 1.10. The van der Waals surface area contributed by atoms with Crippen molar-refractivity contribution in [2.75, 3.05) is 20.7 Å². The number of hydrogen-bond acceptors (Lipinski definition) is 4. The van der Waals surface area contributed by atoms with E-state index in [1.165, 1.54) is 12.0 Å². The van der Waals surface area contributed by atoms with Gasteiger partial charge in [0.1, 0.15) is 12.2 Å². The number of esters is 1. The van der Waals surface area contributed by atoms with Gasteiger partial charge in [-0.1, -0.05) is 30.3 Å². The number of amides is 1. The number of nitrogens with zero attached hydrogens (tertiary/aromatic N) is 1. The molecule has 100 valence electrons. The molecule has 2 rings (SSSR count). The van der Waals surface area contributed by atoms with Crippen LogP contribution < -0.4 is 0 Å². The molecule has 1 aromatic rings. The number of carbonyl (C=O) groups excluding carboxylic acids is 2. The summed E-state index contributed by atoms with van der Waals surface area (Å²) in [7, 11) is 2.98. The van der Waals surface area contributed by atoms with Crippen molar-refractivity contribution in [2.24, 2.45) is 0 Å². The highest BCUT2D eigenvalue weighted by atomic mass is 16.5. The lowest BCUT2D eigenvalue weighted by atomic mass is 10.2. The van der Waals surface area contributed by atoms with Crippen molar-refractivity contribution in [3.8, 4) is 0 Å². The quantitative estimate of drug-likeness (QED) is 0.762. The molecule has 19 heavy (non-hydrogen) atoms. The zero-order valence-electron chi connectivity index (χ0n) is 10.9. The highest BCUT2D eigenvalue weighted by molar-refractivity contribution is 6.05. The van der Waals surface area contributed by atoms with Gasteiger partial charge in [-0.05, 0) is 5.56 Å². The third kappa shape index (κ3) is 2.76. The summed E-state index contributed by atoms with van der Waals surface area (Å²) in [6, 6.07) is 9.36. The van der Waals surface area contributed by atoms with E-state index in [1.54, 1.807) is 7.05 Å². The average Bonchev–Trinajstić information content (AvgIpc) is 2.73. The van der Waals surface area contributed by atoms with Crippen LogP contribution >= 0.6 is 0 Å². The van der Waals surface area contributed by atoms with Gasteiger partial charge in [0.2, 0.25) is 0 Å². The summed E-state index contributed by atoms with van der Waals surface area (Å²) in [4.78, 5) is 25.0. The molecule has 1 aliphatic rings. The van der Waals surface area contributed by atoms with E-state index >= 15 is 0 Å². The number of carbonyl (C=O) groups is 2. The number of ether oxygens (including phenoxy) is 2. The Hall–Kier alpha value is -2.30. The van der Waals surface area contributed by atoms with E-state index in [1.807, 2.05) is 30.3 Å². The first-order chi connectivity index (χ1) is 9.13. The lowest BCUT2D eigenvalue weighted by Crippen LogP contribution is -2.22. The maximum absolute atomic E-state index is 11.9. The van der Waals surface area contributed by atoms with E-state index in [9.17, 15) is 9.59 Å². The zero-order valence-corrected chi connectivity index (χ0v) is 10.9. The lowest BCUT2D eigenvalue weighted by molar-refractivity contribution is -0.140. The minimum absolute atomic E-state index is 0.0700. The number of benzene rings is 1. The topological polar surface area (TPSA) is 55.8 Å². The Kier molecular flexibility index (Phi) is 3.85. The molecular weight excluding hydrogens is 246 g/mol. The van der Waals surface area contributed by atoms with Gasteiger partial charge in [-0.3, -0.25) is 4.79 Å². The number of methoxy groups -OCH3 is 1. The van der Waals surface area contributed by atoms with Crippen molar-refractivity contribution >= 4 is 11.9 Å². The minimum atomic E-state index is -0.515. The summed E-state index contributed by atoms with van der Waals surface area (Å²) < 4.78 is 10.2. The Bertz CT molecular complexity index is 522. The molecule has 0 bridgehead atoms. The Morgan fingerprint density at radius 2 is 2.00 bits per heavy atom. The van der Waals surface area contributed by atoms with Crippen LogP contribution in [0, 0.1) is 0 Å². The van der Waals surface area contributed by atoms with E-state index < -0.39 is 5.97 Å². The first-order valence-electron chi connectivity index (χ1n) is 5.87. The second-order valence-electron chi connectivity index (χ2n) is 4.23. The van der Waals surface area contributed by atoms with Gasteiger partial charge in [-0.15, -0.1) is 0 Å². The van der Waals surface area contributed by atoms with Crippen LogP contribution in [-0.2, 0) is 25.7 Å². The normalized spacial score (nSPS) is 14.8. The summed E-state index contributed by atoms with van der Waals surface area (Å²) in [5.41, 5.74) is 1.17. The molecule has 0 radical (unpaired) electrons. The first kappa shape index (κ1) is 13.1. The minimum Gasteiger partial charge on any atom is -0.491 e. The largest absolute Gasteiger partial charge is 0.491 e. The van der Waals surface area contributed by atoms with Crippen molar-refractivity contribution in [3.63, 3.8) is 0 Å². The molecule has 0 aliphatic carbocycles. The Morgan fingerprint density at radius 3 is 2.63 bits per heavy atom. The van der Waals surface area contributed by atoms with E-state index in [0.717, 1.165) is 5.56 Å². The fraction of sp³-hybridized carbons (Fsp3) is 0.286. The summed E-state index contributed by atoms with van der Waals surface area (Å²) in [6.07, 6.45) is 0. The highest BCUT2D eigenvalue weighted by Gasteiger charge is 2.33. The highest BCUT2D eigenvalue weighted by Crippen LogP contribution is 2.19. The first-order valence-corrected chi connectivity index (χ1v) is 5.87. The number of rotatable bonds is 4. The molecule has 1 heterocycles. The molecule has 5 heteroatoms. The van der Waals surface area contributed by atoms with Gasteiger partial charge in [-0.25, -0.2) is 4.79 Å². The molecule has 0 saturated heterocycles. The number of likely N-dealkylation sites (N-methyl/N-ethyl adjacent to an activating group) is 1. The van der Waals surface area contributed by atoms with Gasteiger partial charge in [0, 0.05) is 7.05 Å². The standard InChI is InChI=1S/C14H15NO4/c1-15-8-11(12(18-2)13(15)16)14(17)19-9-10-6-4-3-5-7-10/h3-7H,8-9H2,1-2H3. The van der Waals surface area contributed by atoms with Gasteiger partial charge < -0.3 is 14.4 Å². The number of hydrogen-bond donors (Lipinski definition) is 0. The van der Waals surface area contributed by atoms with Crippen LogP contribution in [0.15, 0.2) is 41.7 Å². The van der Waals surface area contributed by atoms with Crippen molar-refractivity contribution in [3.05, 3.63) is 47.2 Å². The van der Waals surface area contributed by atoms with Gasteiger partial charge in [0.25, 0.3) is 5.91 Å². The third-order valence-electron chi connectivity index (χ3n) is 2.87. The van der Waals surface area contributed by atoms with E-state index in [2.05, 4.69) is 0 Å². The second-order valence-corrected chi connectivity index (χ2v) is 4.23. The van der Waals surface area contributed by atoms with Crippen molar-refractivity contribution < 1.29 is 19.1 Å². The molecular formula is C14H15NO4. The van der Waals surface area contributed by atoms with Crippen LogP contribution in [0.3, 0.4) is 0 Å². The average molecular weight is 261 g/mol. The molecule has 0 aromatic heterocycles. The smallest absolute Gasteiger partial charge is 0.340 e. The molecule has 0 N–H and O–H groups in total. The molecule has 0 saturated carbocycles. The van der Waals surface area contributed by atoms with Gasteiger partial charge >= 0.3 is 5.97 Å². The second kappa shape index (κ2) is 5.56. The van der Waals surface area contributed by atoms with Crippen LogP contribution in [0.5, 0.6) is 0 Å². The Morgan fingerprint density at radius 1 is 1.32 bits per heavy atom. The molecule has 5 nitrogen and oxygen atoms in total. The monoisotopic (exact) mass is 261 g/mol. The van der Waals surface area contributed by atoms with Crippen LogP contribution in [-0.4, -0.2) is 37.5 Å². The van der Waals surface area contributed by atoms with Crippen LogP contribution in [0.2, 0.25) is 0 Å².